The second-order valence-electron chi connectivity index (χ2n) is 7.74. The summed E-state index contributed by atoms with van der Waals surface area (Å²) in [4.78, 5) is 26.1. The summed E-state index contributed by atoms with van der Waals surface area (Å²) in [6.07, 6.45) is 1.00. The standard InChI is InChI=1S/C22H31N5O/c1-5-18-6-8-19(9-7-18)24-21(28)15-26-10-12-27(13-11-26)20-14-17(4)23-22(25-20)16(2)3/h6-9,14,16H,5,10-13,15H2,1-4H3,(H,24,28). The largest absolute Gasteiger partial charge is 0.354 e. The minimum absolute atomic E-state index is 0.0395. The minimum atomic E-state index is 0.0395. The SMILES string of the molecule is CCc1ccc(NC(=O)CN2CCN(c3cc(C)nc(C(C)C)n3)CC2)cc1. The smallest absolute Gasteiger partial charge is 0.238 e. The van der Waals surface area contributed by atoms with E-state index in [0.29, 0.717) is 12.5 Å². The van der Waals surface area contributed by atoms with Crippen LogP contribution in [-0.2, 0) is 11.2 Å². The van der Waals surface area contributed by atoms with Gasteiger partial charge in [-0.1, -0.05) is 32.9 Å². The van der Waals surface area contributed by atoms with E-state index in [2.05, 4.69) is 53.0 Å². The van der Waals surface area contributed by atoms with E-state index in [4.69, 9.17) is 4.98 Å². The van der Waals surface area contributed by atoms with Gasteiger partial charge in [-0.2, -0.15) is 0 Å². The average Bonchev–Trinajstić information content (AvgIpc) is 2.68. The van der Waals surface area contributed by atoms with Gasteiger partial charge >= 0.3 is 0 Å². The fourth-order valence-electron chi connectivity index (χ4n) is 3.36. The highest BCUT2D eigenvalue weighted by atomic mass is 16.2. The molecule has 3 rings (SSSR count). The number of amides is 1. The van der Waals surface area contributed by atoms with Crippen LogP contribution in [0.4, 0.5) is 11.5 Å². The normalized spacial score (nSPS) is 15.1. The van der Waals surface area contributed by atoms with Crippen LogP contribution >= 0.6 is 0 Å². The van der Waals surface area contributed by atoms with E-state index in [9.17, 15) is 4.79 Å². The molecule has 0 aliphatic carbocycles. The number of piperazine rings is 1. The van der Waals surface area contributed by atoms with Crippen LogP contribution < -0.4 is 10.2 Å². The number of aromatic nitrogens is 2. The zero-order chi connectivity index (χ0) is 20.1. The van der Waals surface area contributed by atoms with Crippen molar-refractivity contribution < 1.29 is 4.79 Å². The number of nitrogens with one attached hydrogen (secondary N) is 1. The van der Waals surface area contributed by atoms with E-state index in [1.54, 1.807) is 0 Å². The molecule has 2 heterocycles. The molecule has 1 aliphatic heterocycles. The van der Waals surface area contributed by atoms with Crippen molar-refractivity contribution in [2.45, 2.75) is 40.0 Å². The lowest BCUT2D eigenvalue weighted by atomic mass is 10.1. The number of hydrogen-bond donors (Lipinski definition) is 1. The Bertz CT molecular complexity index is 795. The summed E-state index contributed by atoms with van der Waals surface area (Å²) in [5, 5.41) is 3.00. The quantitative estimate of drug-likeness (QED) is 0.832. The summed E-state index contributed by atoms with van der Waals surface area (Å²) in [5.41, 5.74) is 3.14. The number of nitrogens with zero attached hydrogens (tertiary/aromatic N) is 4. The lowest BCUT2D eigenvalue weighted by Crippen LogP contribution is -2.49. The molecule has 1 amide bonds. The molecule has 1 saturated heterocycles. The van der Waals surface area contributed by atoms with Gasteiger partial charge in [0.2, 0.25) is 5.91 Å². The Hall–Kier alpha value is -2.47. The van der Waals surface area contributed by atoms with Crippen molar-refractivity contribution in [1.29, 1.82) is 0 Å². The maximum Gasteiger partial charge on any atom is 0.238 e. The summed E-state index contributed by atoms with van der Waals surface area (Å²) in [5.74, 6) is 2.25. The number of carbonyl (C=O) groups is 1. The fraction of sp³-hybridized carbons (Fsp3) is 0.500. The molecule has 0 saturated carbocycles. The van der Waals surface area contributed by atoms with Crippen molar-refractivity contribution in [3.05, 3.63) is 47.4 Å². The Morgan fingerprint density at radius 1 is 1.11 bits per heavy atom. The predicted octanol–water partition coefficient (Wildman–Crippen LogP) is 3.23. The summed E-state index contributed by atoms with van der Waals surface area (Å²) in [6, 6.07) is 10.1. The maximum atomic E-state index is 12.4. The van der Waals surface area contributed by atoms with Gasteiger partial charge in [-0.05, 0) is 31.0 Å². The summed E-state index contributed by atoms with van der Waals surface area (Å²) in [7, 11) is 0. The van der Waals surface area contributed by atoms with E-state index in [0.717, 1.165) is 55.6 Å². The molecule has 1 aliphatic rings. The Morgan fingerprint density at radius 3 is 2.39 bits per heavy atom. The first-order chi connectivity index (χ1) is 13.4. The molecule has 0 spiro atoms. The molecule has 6 heteroatoms. The third-order valence-corrected chi connectivity index (χ3v) is 5.08. The molecule has 0 bridgehead atoms. The zero-order valence-corrected chi connectivity index (χ0v) is 17.4. The van der Waals surface area contributed by atoms with E-state index < -0.39 is 0 Å². The van der Waals surface area contributed by atoms with E-state index in [1.807, 2.05) is 25.1 Å². The summed E-state index contributed by atoms with van der Waals surface area (Å²) >= 11 is 0. The molecular formula is C22H31N5O. The lowest BCUT2D eigenvalue weighted by molar-refractivity contribution is -0.117. The van der Waals surface area contributed by atoms with Gasteiger partial charge in [-0.25, -0.2) is 9.97 Å². The molecule has 0 unspecified atom stereocenters. The molecule has 0 atom stereocenters. The molecular weight excluding hydrogens is 350 g/mol. The van der Waals surface area contributed by atoms with Crippen LogP contribution in [0.15, 0.2) is 30.3 Å². The van der Waals surface area contributed by atoms with E-state index >= 15 is 0 Å². The molecule has 6 nitrogen and oxygen atoms in total. The topological polar surface area (TPSA) is 61.4 Å². The van der Waals surface area contributed by atoms with Crippen LogP contribution in [0.25, 0.3) is 0 Å². The first-order valence-electron chi connectivity index (χ1n) is 10.2. The highest BCUT2D eigenvalue weighted by Crippen LogP contribution is 2.18. The van der Waals surface area contributed by atoms with Crippen LogP contribution in [-0.4, -0.2) is 53.5 Å². The molecule has 2 aromatic rings. The van der Waals surface area contributed by atoms with Crippen molar-refractivity contribution in [2.24, 2.45) is 0 Å². The van der Waals surface area contributed by atoms with Crippen LogP contribution in [0, 0.1) is 6.92 Å². The van der Waals surface area contributed by atoms with E-state index in [1.165, 1.54) is 5.56 Å². The first kappa shape index (κ1) is 20.3. The third kappa shape index (κ3) is 5.29. The number of rotatable bonds is 6. The van der Waals surface area contributed by atoms with Gasteiger partial charge in [0.25, 0.3) is 0 Å². The van der Waals surface area contributed by atoms with Gasteiger partial charge in [-0.3, -0.25) is 9.69 Å². The van der Waals surface area contributed by atoms with Crippen LogP contribution in [0.3, 0.4) is 0 Å². The van der Waals surface area contributed by atoms with Crippen LogP contribution in [0.2, 0.25) is 0 Å². The molecule has 1 aromatic carbocycles. The van der Waals surface area contributed by atoms with Gasteiger partial charge in [0, 0.05) is 49.5 Å². The minimum Gasteiger partial charge on any atom is -0.354 e. The van der Waals surface area contributed by atoms with Crippen molar-refractivity contribution in [3.63, 3.8) is 0 Å². The number of anilines is 2. The monoisotopic (exact) mass is 381 g/mol. The van der Waals surface area contributed by atoms with Crippen molar-refractivity contribution in [3.8, 4) is 0 Å². The number of benzene rings is 1. The fourth-order valence-corrected chi connectivity index (χ4v) is 3.36. The summed E-state index contributed by atoms with van der Waals surface area (Å²) in [6.45, 7) is 12.2. The third-order valence-electron chi connectivity index (χ3n) is 5.08. The van der Waals surface area contributed by atoms with Gasteiger partial charge in [0.05, 0.1) is 6.54 Å². The van der Waals surface area contributed by atoms with Crippen molar-refractivity contribution in [2.75, 3.05) is 42.9 Å². The van der Waals surface area contributed by atoms with Gasteiger partial charge in [0.15, 0.2) is 0 Å². The second kappa shape index (κ2) is 9.15. The molecule has 28 heavy (non-hydrogen) atoms. The van der Waals surface area contributed by atoms with Crippen LogP contribution in [0.1, 0.15) is 43.8 Å². The average molecular weight is 382 g/mol. The molecule has 1 N–H and O–H groups in total. The number of carbonyl (C=O) groups excluding carboxylic acids is 1. The molecule has 150 valence electrons. The molecule has 1 fully saturated rings. The van der Waals surface area contributed by atoms with Gasteiger partial charge in [0.1, 0.15) is 11.6 Å². The Morgan fingerprint density at radius 2 is 1.79 bits per heavy atom. The van der Waals surface area contributed by atoms with Crippen molar-refractivity contribution in [1.82, 2.24) is 14.9 Å². The van der Waals surface area contributed by atoms with Gasteiger partial charge in [-0.15, -0.1) is 0 Å². The Balaban J connectivity index is 1.51. The van der Waals surface area contributed by atoms with Crippen LogP contribution in [0.5, 0.6) is 0 Å². The Kier molecular flexibility index (Phi) is 6.62. The number of aryl methyl sites for hydroxylation is 2. The number of hydrogen-bond acceptors (Lipinski definition) is 5. The second-order valence-corrected chi connectivity index (χ2v) is 7.74. The van der Waals surface area contributed by atoms with Gasteiger partial charge < -0.3 is 10.2 Å². The molecule has 1 aromatic heterocycles. The highest BCUT2D eigenvalue weighted by Gasteiger charge is 2.21. The first-order valence-corrected chi connectivity index (χ1v) is 10.2. The maximum absolute atomic E-state index is 12.4. The van der Waals surface area contributed by atoms with E-state index in [-0.39, 0.29) is 5.91 Å². The zero-order valence-electron chi connectivity index (χ0n) is 17.4. The van der Waals surface area contributed by atoms with Crippen molar-refractivity contribution >= 4 is 17.4 Å². The highest BCUT2D eigenvalue weighted by molar-refractivity contribution is 5.92. The predicted molar refractivity (Wildman–Crippen MR) is 114 cm³/mol. The Labute approximate surface area is 168 Å². The lowest BCUT2D eigenvalue weighted by Gasteiger charge is -2.35. The summed E-state index contributed by atoms with van der Waals surface area (Å²) < 4.78 is 0. The molecule has 0 radical (unpaired) electrons.